The Morgan fingerprint density at radius 1 is 1.23 bits per heavy atom. The third-order valence-electron chi connectivity index (χ3n) is 6.20. The summed E-state index contributed by atoms with van der Waals surface area (Å²) >= 11 is 1.41. The minimum atomic E-state index is -0.00134. The largest absolute Gasteiger partial charge is 0.342 e. The number of rotatable bonds is 6. The van der Waals surface area contributed by atoms with E-state index in [1.54, 1.807) is 4.57 Å². The smallest absolute Gasteiger partial charge is 0.262 e. The number of para-hydroxylation sites is 1. The highest BCUT2D eigenvalue weighted by atomic mass is 32.2. The highest BCUT2D eigenvalue weighted by molar-refractivity contribution is 7.99. The number of hydrogen-bond acceptors (Lipinski definition) is 4. The van der Waals surface area contributed by atoms with Crippen LogP contribution in [-0.4, -0.2) is 39.2 Å². The van der Waals surface area contributed by atoms with E-state index in [4.69, 9.17) is 4.98 Å². The molecular weight excluding hydrogens is 394 g/mol. The van der Waals surface area contributed by atoms with Gasteiger partial charge in [-0.25, -0.2) is 4.98 Å². The van der Waals surface area contributed by atoms with E-state index in [1.807, 2.05) is 29.2 Å². The number of nitrogens with zero attached hydrogens (tertiary/aromatic N) is 3. The topological polar surface area (TPSA) is 55.2 Å². The van der Waals surface area contributed by atoms with E-state index in [0.717, 1.165) is 38.8 Å². The lowest BCUT2D eigenvalue weighted by atomic mass is 9.97. The molecule has 4 rings (SSSR count). The van der Waals surface area contributed by atoms with Gasteiger partial charge in [0.1, 0.15) is 0 Å². The lowest BCUT2D eigenvalue weighted by molar-refractivity contribution is -0.130. The zero-order chi connectivity index (χ0) is 20.9. The van der Waals surface area contributed by atoms with Crippen molar-refractivity contribution in [1.82, 2.24) is 14.5 Å². The number of carbonyl (C=O) groups is 1. The van der Waals surface area contributed by atoms with Crippen molar-refractivity contribution in [2.45, 2.75) is 63.6 Å². The van der Waals surface area contributed by atoms with Crippen LogP contribution >= 0.6 is 11.8 Å². The average molecular weight is 426 g/mol. The number of fused-ring (bicyclic) bond motifs is 1. The van der Waals surface area contributed by atoms with Gasteiger partial charge < -0.3 is 4.90 Å². The fourth-order valence-electron chi connectivity index (χ4n) is 4.48. The van der Waals surface area contributed by atoms with E-state index in [1.165, 1.54) is 36.6 Å². The van der Waals surface area contributed by atoms with Crippen LogP contribution in [0.4, 0.5) is 0 Å². The van der Waals surface area contributed by atoms with Gasteiger partial charge in [-0.2, -0.15) is 0 Å². The number of carbonyl (C=O) groups excluding carboxylic acids is 1. The van der Waals surface area contributed by atoms with Crippen molar-refractivity contribution in [2.75, 3.05) is 18.8 Å². The van der Waals surface area contributed by atoms with Crippen LogP contribution in [0.25, 0.3) is 10.9 Å². The van der Waals surface area contributed by atoms with Gasteiger partial charge in [0.05, 0.1) is 16.7 Å². The molecule has 30 heavy (non-hydrogen) atoms. The first kappa shape index (κ1) is 21.2. The van der Waals surface area contributed by atoms with Crippen molar-refractivity contribution in [3.63, 3.8) is 0 Å². The number of benzene rings is 1. The van der Waals surface area contributed by atoms with Crippen LogP contribution < -0.4 is 5.56 Å². The third-order valence-corrected chi connectivity index (χ3v) is 7.16. The van der Waals surface area contributed by atoms with Crippen LogP contribution in [0, 0.1) is 5.92 Å². The Morgan fingerprint density at radius 2 is 2.10 bits per heavy atom. The Balaban J connectivity index is 1.54. The maximum Gasteiger partial charge on any atom is 0.262 e. The van der Waals surface area contributed by atoms with Gasteiger partial charge >= 0.3 is 0 Å². The SMILES string of the molecule is CC1CCCN(C(=O)CSc2nc3ccccc3c(=O)n2CCC2=CCCCC2)C1. The number of amides is 1. The van der Waals surface area contributed by atoms with Crippen LogP contribution in [0.2, 0.25) is 0 Å². The Labute approximate surface area is 182 Å². The Kier molecular flexibility index (Phi) is 6.93. The van der Waals surface area contributed by atoms with E-state index in [2.05, 4.69) is 13.0 Å². The van der Waals surface area contributed by atoms with Crippen LogP contribution in [-0.2, 0) is 11.3 Å². The lowest BCUT2D eigenvalue weighted by Gasteiger charge is -2.30. The van der Waals surface area contributed by atoms with Crippen LogP contribution in [0.3, 0.4) is 0 Å². The number of thioether (sulfide) groups is 1. The standard InChI is InChI=1S/C24H31N3O2S/c1-18-8-7-14-26(16-18)22(28)17-30-24-25-21-12-6-5-11-20(21)23(29)27(24)15-13-19-9-3-2-4-10-19/h5-6,9,11-12,18H,2-4,7-8,10,13-17H2,1H3. The van der Waals surface area contributed by atoms with E-state index < -0.39 is 0 Å². The molecule has 1 fully saturated rings. The summed E-state index contributed by atoms with van der Waals surface area (Å²) in [5.74, 6) is 1.05. The molecule has 5 nitrogen and oxygen atoms in total. The molecule has 0 saturated carbocycles. The van der Waals surface area contributed by atoms with Gasteiger partial charge in [0, 0.05) is 19.6 Å². The zero-order valence-electron chi connectivity index (χ0n) is 17.8. The van der Waals surface area contributed by atoms with Crippen molar-refractivity contribution in [3.8, 4) is 0 Å². The molecule has 1 aromatic carbocycles. The summed E-state index contributed by atoms with van der Waals surface area (Å²) < 4.78 is 1.79. The molecule has 0 spiro atoms. The number of allylic oxidation sites excluding steroid dienone is 2. The van der Waals surface area contributed by atoms with E-state index >= 15 is 0 Å². The second-order valence-electron chi connectivity index (χ2n) is 8.60. The third kappa shape index (κ3) is 4.97. The van der Waals surface area contributed by atoms with Crippen LogP contribution in [0.15, 0.2) is 45.9 Å². The van der Waals surface area contributed by atoms with Crippen LogP contribution in [0.5, 0.6) is 0 Å². The molecule has 2 heterocycles. The molecule has 2 aromatic rings. The van der Waals surface area contributed by atoms with Gasteiger partial charge in [-0.1, -0.05) is 42.5 Å². The van der Waals surface area contributed by atoms with Gasteiger partial charge in [0.2, 0.25) is 5.91 Å². The molecule has 0 bridgehead atoms. The van der Waals surface area contributed by atoms with Crippen molar-refractivity contribution in [2.24, 2.45) is 5.92 Å². The Morgan fingerprint density at radius 3 is 2.90 bits per heavy atom. The van der Waals surface area contributed by atoms with Crippen molar-refractivity contribution < 1.29 is 4.79 Å². The lowest BCUT2D eigenvalue weighted by Crippen LogP contribution is -2.40. The molecule has 6 heteroatoms. The summed E-state index contributed by atoms with van der Waals surface area (Å²) in [5.41, 5.74) is 2.14. The minimum absolute atomic E-state index is 0.00134. The highest BCUT2D eigenvalue weighted by Gasteiger charge is 2.22. The van der Waals surface area contributed by atoms with Gasteiger partial charge in [-0.3, -0.25) is 14.2 Å². The summed E-state index contributed by atoms with van der Waals surface area (Å²) in [7, 11) is 0. The molecule has 1 aliphatic carbocycles. The second-order valence-corrected chi connectivity index (χ2v) is 9.54. The summed E-state index contributed by atoms with van der Waals surface area (Å²) in [6.45, 7) is 4.51. The number of hydrogen-bond donors (Lipinski definition) is 0. The summed E-state index contributed by atoms with van der Waals surface area (Å²) in [6, 6.07) is 7.51. The predicted octanol–water partition coefficient (Wildman–Crippen LogP) is 4.64. The second kappa shape index (κ2) is 9.82. The average Bonchev–Trinajstić information content (AvgIpc) is 2.77. The molecule has 0 N–H and O–H groups in total. The molecule has 1 amide bonds. The van der Waals surface area contributed by atoms with Crippen LogP contribution in [0.1, 0.15) is 51.9 Å². The van der Waals surface area contributed by atoms with Crippen molar-refractivity contribution in [3.05, 3.63) is 46.3 Å². The summed E-state index contributed by atoms with van der Waals surface area (Å²) in [5, 5.41) is 1.31. The molecular formula is C24H31N3O2S. The summed E-state index contributed by atoms with van der Waals surface area (Å²) in [4.78, 5) is 32.7. The first-order valence-corrected chi connectivity index (χ1v) is 12.2. The number of aromatic nitrogens is 2. The van der Waals surface area contributed by atoms with E-state index in [9.17, 15) is 9.59 Å². The van der Waals surface area contributed by atoms with Crippen molar-refractivity contribution in [1.29, 1.82) is 0 Å². The molecule has 1 atom stereocenters. The molecule has 1 unspecified atom stereocenters. The van der Waals surface area contributed by atoms with E-state index in [0.29, 0.717) is 34.3 Å². The Hall–Kier alpha value is -2.08. The summed E-state index contributed by atoms with van der Waals surface area (Å²) in [6.07, 6.45) is 10.3. The molecule has 1 saturated heterocycles. The Bertz CT molecular complexity index is 998. The highest BCUT2D eigenvalue weighted by Crippen LogP contribution is 2.24. The van der Waals surface area contributed by atoms with Crippen molar-refractivity contribution >= 4 is 28.6 Å². The van der Waals surface area contributed by atoms with Gasteiger partial charge in [-0.15, -0.1) is 0 Å². The quantitative estimate of drug-likeness (QED) is 0.384. The zero-order valence-corrected chi connectivity index (χ0v) is 18.6. The first-order valence-electron chi connectivity index (χ1n) is 11.2. The molecule has 0 radical (unpaired) electrons. The molecule has 2 aliphatic rings. The normalized spacial score (nSPS) is 19.7. The minimum Gasteiger partial charge on any atom is -0.342 e. The monoisotopic (exact) mass is 425 g/mol. The van der Waals surface area contributed by atoms with Gasteiger partial charge in [0.15, 0.2) is 5.16 Å². The first-order chi connectivity index (χ1) is 14.6. The molecule has 1 aliphatic heterocycles. The number of likely N-dealkylation sites (tertiary alicyclic amines) is 1. The fraction of sp³-hybridized carbons (Fsp3) is 0.542. The van der Waals surface area contributed by atoms with Gasteiger partial charge in [-0.05, 0) is 63.0 Å². The predicted molar refractivity (Wildman–Crippen MR) is 123 cm³/mol. The maximum atomic E-state index is 13.2. The maximum absolute atomic E-state index is 13.2. The fourth-order valence-corrected chi connectivity index (χ4v) is 5.40. The molecule has 1 aromatic heterocycles. The number of piperidine rings is 1. The molecule has 160 valence electrons. The van der Waals surface area contributed by atoms with E-state index in [-0.39, 0.29) is 11.5 Å². The van der Waals surface area contributed by atoms with Gasteiger partial charge in [0.25, 0.3) is 5.56 Å².